The van der Waals surface area contributed by atoms with Gasteiger partial charge in [0.25, 0.3) is 10.0 Å². The van der Waals surface area contributed by atoms with E-state index < -0.39 is 22.5 Å². The van der Waals surface area contributed by atoms with Gasteiger partial charge in [0.2, 0.25) is 5.91 Å². The number of nitrogens with zero attached hydrogens (tertiary/aromatic N) is 1. The molecule has 3 aromatic rings. The Morgan fingerprint density at radius 2 is 1.86 bits per heavy atom. The van der Waals surface area contributed by atoms with Gasteiger partial charge in [0.1, 0.15) is 12.3 Å². The quantitative estimate of drug-likeness (QED) is 0.633. The van der Waals surface area contributed by atoms with Crippen molar-refractivity contribution in [1.82, 2.24) is 5.32 Å². The number of halogens is 1. The highest BCUT2D eigenvalue weighted by Gasteiger charge is 2.27. The van der Waals surface area contributed by atoms with Crippen LogP contribution in [0.2, 0.25) is 5.02 Å². The van der Waals surface area contributed by atoms with Crippen molar-refractivity contribution in [2.24, 2.45) is 0 Å². The number of hydrogen-bond acceptors (Lipinski definition) is 4. The van der Waals surface area contributed by atoms with Gasteiger partial charge in [-0.3, -0.25) is 9.10 Å². The second kappa shape index (κ2) is 8.50. The molecule has 28 heavy (non-hydrogen) atoms. The standard InChI is InChI=1S/C20H19ClN2O4S/c1-15-7-9-19(10-8-15)28(25,26)23(17-5-2-4-16(21)12-17)14-20(24)22-13-18-6-3-11-27-18/h2-12H,13-14H2,1H3,(H,22,24). The zero-order valence-electron chi connectivity index (χ0n) is 15.1. The van der Waals surface area contributed by atoms with Crippen molar-refractivity contribution < 1.29 is 17.6 Å². The van der Waals surface area contributed by atoms with Crippen LogP contribution in [0.3, 0.4) is 0 Å². The monoisotopic (exact) mass is 418 g/mol. The van der Waals surface area contributed by atoms with Gasteiger partial charge in [0, 0.05) is 5.02 Å². The summed E-state index contributed by atoms with van der Waals surface area (Å²) in [5, 5.41) is 3.03. The molecule has 0 aliphatic rings. The fourth-order valence-corrected chi connectivity index (χ4v) is 4.17. The van der Waals surface area contributed by atoms with Gasteiger partial charge >= 0.3 is 0 Å². The Labute approximate surface area is 168 Å². The minimum Gasteiger partial charge on any atom is -0.467 e. The van der Waals surface area contributed by atoms with Crippen molar-refractivity contribution in [3.8, 4) is 0 Å². The lowest BCUT2D eigenvalue weighted by atomic mass is 10.2. The van der Waals surface area contributed by atoms with Crippen molar-refractivity contribution in [1.29, 1.82) is 0 Å². The molecule has 6 nitrogen and oxygen atoms in total. The maximum atomic E-state index is 13.2. The second-order valence-electron chi connectivity index (χ2n) is 6.16. The fraction of sp³-hybridized carbons (Fsp3) is 0.150. The highest BCUT2D eigenvalue weighted by Crippen LogP contribution is 2.26. The third kappa shape index (κ3) is 4.74. The number of carbonyl (C=O) groups is 1. The van der Waals surface area contributed by atoms with Crippen molar-refractivity contribution in [2.45, 2.75) is 18.4 Å². The first-order valence-electron chi connectivity index (χ1n) is 8.50. The van der Waals surface area contributed by atoms with Crippen LogP contribution < -0.4 is 9.62 Å². The van der Waals surface area contributed by atoms with Crippen molar-refractivity contribution in [2.75, 3.05) is 10.8 Å². The average molecular weight is 419 g/mol. The molecule has 1 heterocycles. The topological polar surface area (TPSA) is 79.6 Å². The molecule has 1 aromatic heterocycles. The number of nitrogens with one attached hydrogen (secondary N) is 1. The smallest absolute Gasteiger partial charge is 0.264 e. The van der Waals surface area contributed by atoms with Gasteiger partial charge in [-0.1, -0.05) is 35.4 Å². The van der Waals surface area contributed by atoms with Gasteiger partial charge in [-0.2, -0.15) is 0 Å². The third-order valence-electron chi connectivity index (χ3n) is 4.03. The molecule has 0 radical (unpaired) electrons. The van der Waals surface area contributed by atoms with Gasteiger partial charge in [-0.05, 0) is 49.4 Å². The maximum Gasteiger partial charge on any atom is 0.264 e. The van der Waals surface area contributed by atoms with E-state index >= 15 is 0 Å². The molecule has 0 saturated heterocycles. The Morgan fingerprint density at radius 1 is 1.11 bits per heavy atom. The van der Waals surface area contributed by atoms with Gasteiger partial charge in [0.15, 0.2) is 0 Å². The minimum atomic E-state index is -3.96. The molecule has 3 rings (SSSR count). The minimum absolute atomic E-state index is 0.0944. The average Bonchev–Trinajstić information content (AvgIpc) is 3.18. The van der Waals surface area contributed by atoms with E-state index in [4.69, 9.17) is 16.0 Å². The van der Waals surface area contributed by atoms with Gasteiger partial charge in [-0.25, -0.2) is 8.42 Å². The summed E-state index contributed by atoms with van der Waals surface area (Å²) in [5.41, 5.74) is 1.24. The number of sulfonamides is 1. The summed E-state index contributed by atoms with van der Waals surface area (Å²) in [4.78, 5) is 12.5. The van der Waals surface area contributed by atoms with E-state index in [9.17, 15) is 13.2 Å². The first-order valence-corrected chi connectivity index (χ1v) is 10.3. The molecule has 8 heteroatoms. The number of furan rings is 1. The number of carbonyl (C=O) groups excluding carboxylic acids is 1. The summed E-state index contributed by atoms with van der Waals surface area (Å²) in [7, 11) is -3.96. The van der Waals surface area contributed by atoms with Gasteiger partial charge < -0.3 is 9.73 Å². The second-order valence-corrected chi connectivity index (χ2v) is 8.46. The lowest BCUT2D eigenvalue weighted by Crippen LogP contribution is -2.40. The van der Waals surface area contributed by atoms with Crippen LogP contribution in [0.15, 0.2) is 76.2 Å². The number of amides is 1. The predicted octanol–water partition coefficient (Wildman–Crippen LogP) is 3.75. The molecule has 0 spiro atoms. The van der Waals surface area contributed by atoms with Crippen LogP contribution in [0.5, 0.6) is 0 Å². The molecular formula is C20H19ClN2O4S. The summed E-state index contributed by atoms with van der Waals surface area (Å²) in [6, 6.07) is 16.3. The zero-order valence-corrected chi connectivity index (χ0v) is 16.7. The fourth-order valence-electron chi connectivity index (χ4n) is 2.57. The van der Waals surface area contributed by atoms with Crippen LogP contribution in [-0.2, 0) is 21.4 Å². The molecule has 2 aromatic carbocycles. The van der Waals surface area contributed by atoms with E-state index in [1.165, 1.54) is 24.5 Å². The molecule has 0 atom stereocenters. The molecular weight excluding hydrogens is 400 g/mol. The Bertz CT molecular complexity index is 1050. The molecule has 0 unspecified atom stereocenters. The van der Waals surface area contributed by atoms with Crippen LogP contribution >= 0.6 is 11.6 Å². The first kappa shape index (κ1) is 20.0. The van der Waals surface area contributed by atoms with Crippen LogP contribution in [0.25, 0.3) is 0 Å². The number of hydrogen-bond donors (Lipinski definition) is 1. The van der Waals surface area contributed by atoms with Crippen LogP contribution in [-0.4, -0.2) is 20.9 Å². The van der Waals surface area contributed by atoms with Crippen molar-refractivity contribution in [3.05, 3.63) is 83.3 Å². The van der Waals surface area contributed by atoms with Crippen LogP contribution in [0.1, 0.15) is 11.3 Å². The van der Waals surface area contributed by atoms with Crippen molar-refractivity contribution in [3.63, 3.8) is 0 Å². The number of aryl methyl sites for hydroxylation is 1. The van der Waals surface area contributed by atoms with E-state index in [0.29, 0.717) is 16.5 Å². The highest BCUT2D eigenvalue weighted by atomic mass is 35.5. The van der Waals surface area contributed by atoms with E-state index in [0.717, 1.165) is 9.87 Å². The SMILES string of the molecule is Cc1ccc(S(=O)(=O)N(CC(=O)NCc2ccco2)c2cccc(Cl)c2)cc1. The Hall–Kier alpha value is -2.77. The van der Waals surface area contributed by atoms with Gasteiger partial charge in [-0.15, -0.1) is 0 Å². The number of benzene rings is 2. The molecule has 146 valence electrons. The van der Waals surface area contributed by atoms with Crippen LogP contribution in [0.4, 0.5) is 5.69 Å². The maximum absolute atomic E-state index is 13.2. The summed E-state index contributed by atoms with van der Waals surface area (Å²) < 4.78 is 32.6. The van der Waals surface area contributed by atoms with Crippen LogP contribution in [0, 0.1) is 6.92 Å². The predicted molar refractivity (Wildman–Crippen MR) is 108 cm³/mol. The summed E-state index contributed by atoms with van der Waals surface area (Å²) in [6.45, 7) is 1.64. The Balaban J connectivity index is 1.88. The number of rotatable bonds is 7. The molecule has 0 aliphatic carbocycles. The summed E-state index contributed by atoms with van der Waals surface area (Å²) in [5.74, 6) is 0.108. The van der Waals surface area contributed by atoms with Crippen molar-refractivity contribution >= 4 is 33.2 Å². The molecule has 1 N–H and O–H groups in total. The lowest BCUT2D eigenvalue weighted by molar-refractivity contribution is -0.119. The van der Waals surface area contributed by atoms with Gasteiger partial charge in [0.05, 0.1) is 23.4 Å². The largest absolute Gasteiger partial charge is 0.467 e. The van der Waals surface area contributed by atoms with E-state index in [-0.39, 0.29) is 11.4 Å². The Kier molecular flexibility index (Phi) is 6.06. The third-order valence-corrected chi connectivity index (χ3v) is 6.06. The normalized spacial score (nSPS) is 11.2. The van der Waals surface area contributed by atoms with E-state index in [2.05, 4.69) is 5.32 Å². The molecule has 0 fully saturated rings. The highest BCUT2D eigenvalue weighted by molar-refractivity contribution is 7.92. The molecule has 1 amide bonds. The molecule has 0 bridgehead atoms. The molecule has 0 aliphatic heterocycles. The van der Waals surface area contributed by atoms with E-state index in [1.807, 2.05) is 6.92 Å². The lowest BCUT2D eigenvalue weighted by Gasteiger charge is -2.24. The summed E-state index contributed by atoms with van der Waals surface area (Å²) in [6.07, 6.45) is 1.50. The zero-order chi connectivity index (χ0) is 20.1. The Morgan fingerprint density at radius 3 is 2.50 bits per heavy atom. The molecule has 0 saturated carbocycles. The van der Waals surface area contributed by atoms with E-state index in [1.54, 1.807) is 42.5 Å². The first-order chi connectivity index (χ1) is 13.4. The summed E-state index contributed by atoms with van der Waals surface area (Å²) >= 11 is 6.04. The number of anilines is 1.